The van der Waals surface area contributed by atoms with E-state index in [4.69, 9.17) is 33.8 Å². The van der Waals surface area contributed by atoms with Crippen LogP contribution < -0.4 is 28.7 Å². The smallest absolute Gasteiger partial charge is 0.320 e. The van der Waals surface area contributed by atoms with Crippen LogP contribution in [0.4, 0.5) is 0 Å². The SMILES string of the molecule is NC(N)=NCCCC(N)C(=O)O.NCCN. The van der Waals surface area contributed by atoms with E-state index in [9.17, 15) is 4.79 Å². The van der Waals surface area contributed by atoms with E-state index >= 15 is 0 Å². The molecule has 0 amide bonds. The fourth-order valence-corrected chi connectivity index (χ4v) is 0.643. The predicted molar refractivity (Wildman–Crippen MR) is 63.6 cm³/mol. The molecule has 1 atom stereocenters. The standard InChI is InChI=1S/C6H14N4O2.C2H8N2/c7-4(5(11)12)2-1-3-10-6(8)9;3-1-2-4/h4H,1-3,7H2,(H,11,12)(H4,8,9,10);1-4H2. The van der Waals surface area contributed by atoms with Gasteiger partial charge in [-0.15, -0.1) is 0 Å². The summed E-state index contributed by atoms with van der Waals surface area (Å²) < 4.78 is 0. The molecule has 0 aliphatic rings. The number of rotatable bonds is 6. The van der Waals surface area contributed by atoms with Crippen molar-refractivity contribution in [3.8, 4) is 0 Å². The number of aliphatic imine (C=N–C) groups is 1. The normalized spacial score (nSPS) is 10.9. The van der Waals surface area contributed by atoms with E-state index in [2.05, 4.69) is 4.99 Å². The van der Waals surface area contributed by atoms with Crippen LogP contribution in [0.15, 0.2) is 4.99 Å². The van der Waals surface area contributed by atoms with E-state index < -0.39 is 12.0 Å². The van der Waals surface area contributed by atoms with Crippen molar-refractivity contribution in [2.24, 2.45) is 33.7 Å². The minimum absolute atomic E-state index is 0.0129. The number of aliphatic carboxylic acids is 1. The maximum absolute atomic E-state index is 10.2. The van der Waals surface area contributed by atoms with E-state index in [1.807, 2.05) is 0 Å². The summed E-state index contributed by atoms with van der Waals surface area (Å²) in [5.41, 5.74) is 25.1. The number of nitrogens with zero attached hydrogens (tertiary/aromatic N) is 1. The van der Waals surface area contributed by atoms with Crippen molar-refractivity contribution < 1.29 is 9.90 Å². The molecule has 0 saturated carbocycles. The zero-order valence-corrected chi connectivity index (χ0v) is 9.30. The van der Waals surface area contributed by atoms with Crippen LogP contribution >= 0.6 is 0 Å². The molecule has 0 bridgehead atoms. The van der Waals surface area contributed by atoms with E-state index in [0.717, 1.165) is 0 Å². The molecule has 8 heteroatoms. The lowest BCUT2D eigenvalue weighted by Crippen LogP contribution is -2.30. The van der Waals surface area contributed by atoms with E-state index in [0.29, 0.717) is 32.5 Å². The summed E-state index contributed by atoms with van der Waals surface area (Å²) in [6, 6.07) is -0.820. The molecule has 96 valence electrons. The quantitative estimate of drug-likeness (QED) is 0.165. The van der Waals surface area contributed by atoms with Gasteiger partial charge in [0.15, 0.2) is 5.96 Å². The van der Waals surface area contributed by atoms with E-state index in [-0.39, 0.29) is 5.96 Å². The molecule has 0 aliphatic heterocycles. The maximum atomic E-state index is 10.2. The molecule has 16 heavy (non-hydrogen) atoms. The van der Waals surface area contributed by atoms with Crippen LogP contribution in [0.2, 0.25) is 0 Å². The third kappa shape index (κ3) is 15.1. The minimum atomic E-state index is -1.00. The number of guanidine groups is 1. The Kier molecular flexibility index (Phi) is 12.4. The minimum Gasteiger partial charge on any atom is -0.480 e. The first-order valence-electron chi connectivity index (χ1n) is 4.89. The summed E-state index contributed by atoms with van der Waals surface area (Å²) in [7, 11) is 0. The number of hydrogen-bond donors (Lipinski definition) is 6. The highest BCUT2D eigenvalue weighted by atomic mass is 16.4. The third-order valence-electron chi connectivity index (χ3n) is 1.45. The van der Waals surface area contributed by atoms with Crippen LogP contribution in [-0.2, 0) is 4.79 Å². The van der Waals surface area contributed by atoms with Gasteiger partial charge in [-0.3, -0.25) is 9.79 Å². The van der Waals surface area contributed by atoms with Gasteiger partial charge in [-0.25, -0.2) is 0 Å². The van der Waals surface area contributed by atoms with Crippen molar-refractivity contribution in [1.29, 1.82) is 0 Å². The Morgan fingerprint density at radius 2 is 1.75 bits per heavy atom. The van der Waals surface area contributed by atoms with Crippen molar-refractivity contribution in [3.63, 3.8) is 0 Å². The van der Waals surface area contributed by atoms with Crippen molar-refractivity contribution in [1.82, 2.24) is 0 Å². The summed E-state index contributed by atoms with van der Waals surface area (Å²) in [6.07, 6.45) is 0.956. The van der Waals surface area contributed by atoms with Crippen LogP contribution in [0, 0.1) is 0 Å². The maximum Gasteiger partial charge on any atom is 0.320 e. The van der Waals surface area contributed by atoms with Gasteiger partial charge in [-0.2, -0.15) is 0 Å². The second kappa shape index (κ2) is 11.7. The summed E-state index contributed by atoms with van der Waals surface area (Å²) in [5.74, 6) is -0.987. The first kappa shape index (κ1) is 17.0. The van der Waals surface area contributed by atoms with Crippen LogP contribution in [0.1, 0.15) is 12.8 Å². The van der Waals surface area contributed by atoms with Gasteiger partial charge in [-0.1, -0.05) is 0 Å². The molecule has 0 spiro atoms. The van der Waals surface area contributed by atoms with Crippen molar-refractivity contribution in [2.75, 3.05) is 19.6 Å². The van der Waals surface area contributed by atoms with Crippen molar-refractivity contribution in [2.45, 2.75) is 18.9 Å². The van der Waals surface area contributed by atoms with Gasteiger partial charge in [0.2, 0.25) is 0 Å². The average molecular weight is 234 g/mol. The molecule has 8 nitrogen and oxygen atoms in total. The van der Waals surface area contributed by atoms with Gasteiger partial charge in [0, 0.05) is 19.6 Å². The Labute approximate surface area is 94.9 Å². The molecular weight excluding hydrogens is 212 g/mol. The molecule has 0 aromatic carbocycles. The van der Waals surface area contributed by atoms with Gasteiger partial charge < -0.3 is 33.8 Å². The zero-order valence-electron chi connectivity index (χ0n) is 9.30. The molecule has 11 N–H and O–H groups in total. The van der Waals surface area contributed by atoms with Crippen LogP contribution in [0.5, 0.6) is 0 Å². The fourth-order valence-electron chi connectivity index (χ4n) is 0.643. The first-order chi connectivity index (χ1) is 7.45. The Balaban J connectivity index is 0. The molecule has 0 aromatic heterocycles. The molecule has 0 saturated heterocycles. The number of nitrogens with two attached hydrogens (primary N) is 5. The number of carboxylic acids is 1. The predicted octanol–water partition coefficient (Wildman–Crippen LogP) is -2.64. The molecule has 0 heterocycles. The Hall–Kier alpha value is -1.38. The lowest BCUT2D eigenvalue weighted by atomic mass is 10.2. The molecule has 1 unspecified atom stereocenters. The second-order valence-electron chi connectivity index (χ2n) is 2.97. The molecule has 0 fully saturated rings. The third-order valence-corrected chi connectivity index (χ3v) is 1.45. The van der Waals surface area contributed by atoms with E-state index in [1.165, 1.54) is 0 Å². The number of carbonyl (C=O) groups is 1. The van der Waals surface area contributed by atoms with Gasteiger partial charge >= 0.3 is 5.97 Å². The van der Waals surface area contributed by atoms with Gasteiger partial charge in [0.1, 0.15) is 6.04 Å². The second-order valence-corrected chi connectivity index (χ2v) is 2.97. The summed E-state index contributed by atoms with van der Waals surface area (Å²) >= 11 is 0. The first-order valence-corrected chi connectivity index (χ1v) is 4.89. The number of carboxylic acid groups (broad SMARTS) is 1. The topological polar surface area (TPSA) is 180 Å². The van der Waals surface area contributed by atoms with Crippen molar-refractivity contribution in [3.05, 3.63) is 0 Å². The lowest BCUT2D eigenvalue weighted by Gasteiger charge is -2.03. The molecular formula is C8H22N6O2. The zero-order chi connectivity index (χ0) is 13.0. The molecule has 0 aliphatic carbocycles. The Bertz CT molecular complexity index is 203. The molecule has 0 radical (unpaired) electrons. The molecule has 0 aromatic rings. The largest absolute Gasteiger partial charge is 0.480 e. The lowest BCUT2D eigenvalue weighted by molar-refractivity contribution is -0.138. The highest BCUT2D eigenvalue weighted by Gasteiger charge is 2.09. The number of hydrogen-bond acceptors (Lipinski definition) is 5. The summed E-state index contributed by atoms with van der Waals surface area (Å²) in [6.45, 7) is 1.61. The van der Waals surface area contributed by atoms with Crippen LogP contribution in [0.25, 0.3) is 0 Å². The van der Waals surface area contributed by atoms with Crippen LogP contribution in [-0.4, -0.2) is 42.7 Å². The highest BCUT2D eigenvalue weighted by Crippen LogP contribution is 1.94. The van der Waals surface area contributed by atoms with Crippen LogP contribution in [0.3, 0.4) is 0 Å². The summed E-state index contributed by atoms with van der Waals surface area (Å²) in [4.78, 5) is 13.9. The average Bonchev–Trinajstić information content (AvgIpc) is 2.24. The Morgan fingerprint density at radius 1 is 1.25 bits per heavy atom. The highest BCUT2D eigenvalue weighted by molar-refractivity contribution is 5.75. The van der Waals surface area contributed by atoms with Gasteiger partial charge in [0.25, 0.3) is 0 Å². The molecule has 0 rings (SSSR count). The van der Waals surface area contributed by atoms with Gasteiger partial charge in [0.05, 0.1) is 0 Å². The van der Waals surface area contributed by atoms with Crippen molar-refractivity contribution >= 4 is 11.9 Å². The van der Waals surface area contributed by atoms with E-state index in [1.54, 1.807) is 0 Å². The summed E-state index contributed by atoms with van der Waals surface area (Å²) in [5, 5.41) is 8.38. The fraction of sp³-hybridized carbons (Fsp3) is 0.750. The Morgan fingerprint density at radius 3 is 2.06 bits per heavy atom. The monoisotopic (exact) mass is 234 g/mol. The van der Waals surface area contributed by atoms with Gasteiger partial charge in [-0.05, 0) is 12.8 Å².